The topological polar surface area (TPSA) is 69.7 Å². The van der Waals surface area contributed by atoms with Gasteiger partial charge in [-0.25, -0.2) is 4.79 Å². The SMILES string of the molecule is CCNC(=O)OCCCCc1cc(Cl)c(COC2(c3cnccc3-c3ccccc3OC3CC3)CC2)cc1C. The fourth-order valence-corrected chi connectivity index (χ4v) is 5.15. The van der Waals surface area contributed by atoms with E-state index in [1.54, 1.807) is 0 Å². The summed E-state index contributed by atoms with van der Waals surface area (Å²) in [5.74, 6) is 0.924. The van der Waals surface area contributed by atoms with Crippen LogP contribution in [0.25, 0.3) is 11.1 Å². The molecule has 2 aliphatic carbocycles. The number of halogens is 1. The van der Waals surface area contributed by atoms with E-state index < -0.39 is 0 Å². The molecular formula is C32H37ClN2O4. The maximum atomic E-state index is 11.4. The molecule has 0 spiro atoms. The summed E-state index contributed by atoms with van der Waals surface area (Å²) in [4.78, 5) is 15.9. The Labute approximate surface area is 236 Å². The molecule has 0 saturated heterocycles. The van der Waals surface area contributed by atoms with Crippen molar-refractivity contribution in [2.75, 3.05) is 13.2 Å². The number of unbranched alkanes of at least 4 members (excludes halogenated alkanes) is 1. The van der Waals surface area contributed by atoms with Gasteiger partial charge >= 0.3 is 6.09 Å². The first-order valence-electron chi connectivity index (χ1n) is 14.0. The van der Waals surface area contributed by atoms with Crippen LogP contribution in [0.1, 0.15) is 67.7 Å². The van der Waals surface area contributed by atoms with E-state index in [2.05, 4.69) is 53.6 Å². The lowest BCUT2D eigenvalue weighted by molar-refractivity contribution is 0.0173. The minimum Gasteiger partial charge on any atom is -0.490 e. The van der Waals surface area contributed by atoms with Crippen LogP contribution in [-0.4, -0.2) is 30.3 Å². The third kappa shape index (κ3) is 6.92. The van der Waals surface area contributed by atoms with Gasteiger partial charge in [0.2, 0.25) is 0 Å². The van der Waals surface area contributed by atoms with E-state index in [-0.39, 0.29) is 11.7 Å². The van der Waals surface area contributed by atoms with Gasteiger partial charge in [-0.1, -0.05) is 35.9 Å². The third-order valence-corrected chi connectivity index (χ3v) is 7.77. The molecule has 2 aromatic carbocycles. The number of aromatic nitrogens is 1. The summed E-state index contributed by atoms with van der Waals surface area (Å²) in [6, 6.07) is 14.5. The summed E-state index contributed by atoms with van der Waals surface area (Å²) >= 11 is 6.73. The molecule has 7 heteroatoms. The van der Waals surface area contributed by atoms with E-state index in [1.807, 2.05) is 25.4 Å². The van der Waals surface area contributed by atoms with E-state index in [0.717, 1.165) is 78.0 Å². The number of carbonyl (C=O) groups excluding carboxylic acids is 1. The van der Waals surface area contributed by atoms with Crippen LogP contribution >= 0.6 is 11.6 Å². The van der Waals surface area contributed by atoms with E-state index in [9.17, 15) is 4.79 Å². The van der Waals surface area contributed by atoms with Gasteiger partial charge in [0.1, 0.15) is 5.75 Å². The first-order valence-corrected chi connectivity index (χ1v) is 14.4. The molecule has 1 N–H and O–H groups in total. The fourth-order valence-electron chi connectivity index (χ4n) is 4.91. The van der Waals surface area contributed by atoms with Gasteiger partial charge in [0.25, 0.3) is 0 Å². The number of pyridine rings is 1. The Balaban J connectivity index is 1.23. The van der Waals surface area contributed by atoms with Crippen molar-refractivity contribution >= 4 is 17.7 Å². The van der Waals surface area contributed by atoms with Crippen LogP contribution in [0.5, 0.6) is 5.75 Å². The lowest BCUT2D eigenvalue weighted by atomic mass is 9.96. The predicted octanol–water partition coefficient (Wildman–Crippen LogP) is 7.53. The number of ether oxygens (including phenoxy) is 3. The zero-order valence-electron chi connectivity index (χ0n) is 22.8. The molecule has 0 bridgehead atoms. The van der Waals surface area contributed by atoms with E-state index in [4.69, 9.17) is 25.8 Å². The summed E-state index contributed by atoms with van der Waals surface area (Å²) in [7, 11) is 0. The zero-order valence-corrected chi connectivity index (χ0v) is 23.6. The number of nitrogens with zero attached hydrogens (tertiary/aromatic N) is 1. The second kappa shape index (κ2) is 12.4. The smallest absolute Gasteiger partial charge is 0.407 e. The maximum absolute atomic E-state index is 11.4. The lowest BCUT2D eigenvalue weighted by Crippen LogP contribution is -2.24. The van der Waals surface area contributed by atoms with Crippen molar-refractivity contribution in [3.63, 3.8) is 0 Å². The molecule has 206 valence electrons. The number of hydrogen-bond acceptors (Lipinski definition) is 5. The van der Waals surface area contributed by atoms with E-state index in [1.165, 1.54) is 11.1 Å². The number of amides is 1. The summed E-state index contributed by atoms with van der Waals surface area (Å²) in [5.41, 5.74) is 6.35. The van der Waals surface area contributed by atoms with Gasteiger partial charge in [0, 0.05) is 35.1 Å². The molecule has 5 rings (SSSR count). The van der Waals surface area contributed by atoms with E-state index in [0.29, 0.717) is 25.9 Å². The molecule has 1 heterocycles. The Hall–Kier alpha value is -3.09. The molecule has 3 aromatic rings. The Morgan fingerprint density at radius 2 is 1.92 bits per heavy atom. The van der Waals surface area contributed by atoms with E-state index >= 15 is 0 Å². The highest BCUT2D eigenvalue weighted by Crippen LogP contribution is 2.53. The number of benzene rings is 2. The van der Waals surface area contributed by atoms with Gasteiger partial charge in [-0.05, 0) is 99.2 Å². The number of carbonyl (C=O) groups is 1. The molecule has 6 nitrogen and oxygen atoms in total. The highest BCUT2D eigenvalue weighted by molar-refractivity contribution is 6.31. The van der Waals surface area contributed by atoms with Crippen molar-refractivity contribution < 1.29 is 19.0 Å². The molecule has 2 aliphatic rings. The number of rotatable bonds is 13. The number of alkyl carbamates (subject to hydrolysis) is 1. The van der Waals surface area contributed by atoms with Crippen LogP contribution in [0.2, 0.25) is 5.02 Å². The summed E-state index contributed by atoms with van der Waals surface area (Å²) in [6.07, 6.45) is 10.5. The van der Waals surface area contributed by atoms with Gasteiger partial charge in [0.15, 0.2) is 0 Å². The number of aryl methyl sites for hydroxylation is 2. The van der Waals surface area contributed by atoms with Crippen molar-refractivity contribution in [3.8, 4) is 16.9 Å². The Bertz CT molecular complexity index is 1300. The number of nitrogens with one attached hydrogen (secondary N) is 1. The van der Waals surface area contributed by atoms with Crippen LogP contribution in [-0.2, 0) is 28.1 Å². The molecule has 0 atom stereocenters. The quantitative estimate of drug-likeness (QED) is 0.224. The minimum absolute atomic E-state index is 0.330. The summed E-state index contributed by atoms with van der Waals surface area (Å²) < 4.78 is 18.0. The average Bonchev–Trinajstić information content (AvgIpc) is 3.87. The van der Waals surface area contributed by atoms with Crippen molar-refractivity contribution in [2.45, 2.75) is 77.1 Å². The normalized spacial score (nSPS) is 15.6. The summed E-state index contributed by atoms with van der Waals surface area (Å²) in [5, 5.41) is 3.36. The average molecular weight is 549 g/mol. The molecule has 2 saturated carbocycles. The summed E-state index contributed by atoms with van der Waals surface area (Å²) in [6.45, 7) is 5.41. The second-order valence-electron chi connectivity index (χ2n) is 10.5. The number of hydrogen-bond donors (Lipinski definition) is 1. The Morgan fingerprint density at radius 1 is 1.10 bits per heavy atom. The Kier molecular flexibility index (Phi) is 8.73. The third-order valence-electron chi connectivity index (χ3n) is 7.41. The zero-order chi connectivity index (χ0) is 27.2. The van der Waals surface area contributed by atoms with Crippen molar-refractivity contribution in [1.82, 2.24) is 10.3 Å². The fraction of sp³-hybridized carbons (Fsp3) is 0.438. The molecule has 0 aliphatic heterocycles. The maximum Gasteiger partial charge on any atom is 0.407 e. The first kappa shape index (κ1) is 27.5. The van der Waals surface area contributed by atoms with Crippen molar-refractivity contribution in [3.05, 3.63) is 82.1 Å². The van der Waals surface area contributed by atoms with Crippen LogP contribution in [0.4, 0.5) is 4.79 Å². The molecule has 2 fully saturated rings. The molecule has 39 heavy (non-hydrogen) atoms. The van der Waals surface area contributed by atoms with Gasteiger partial charge in [-0.3, -0.25) is 4.98 Å². The second-order valence-corrected chi connectivity index (χ2v) is 10.9. The predicted molar refractivity (Wildman–Crippen MR) is 153 cm³/mol. The lowest BCUT2D eigenvalue weighted by Gasteiger charge is -2.22. The highest BCUT2D eigenvalue weighted by Gasteiger charge is 2.47. The number of para-hydroxylation sites is 1. The van der Waals surface area contributed by atoms with Gasteiger partial charge in [-0.15, -0.1) is 0 Å². The van der Waals surface area contributed by atoms with Crippen LogP contribution < -0.4 is 10.1 Å². The molecule has 1 amide bonds. The standard InChI is InChI=1S/C32H37ClN2O4/c1-3-35-31(36)37-17-7-6-8-23-19-29(33)24(18-22(23)2)21-38-32(14-15-32)28-20-34-16-13-26(28)27-9-4-5-10-30(27)39-25-11-12-25/h4-5,9-10,13,16,18-20,25H,3,6-8,11-12,14-15,17,21H2,1-2H3,(H,35,36). The van der Waals surface area contributed by atoms with Crippen LogP contribution in [0.3, 0.4) is 0 Å². The minimum atomic E-state index is -0.365. The van der Waals surface area contributed by atoms with Gasteiger partial charge < -0.3 is 19.5 Å². The monoisotopic (exact) mass is 548 g/mol. The molecular weight excluding hydrogens is 512 g/mol. The van der Waals surface area contributed by atoms with Crippen molar-refractivity contribution in [1.29, 1.82) is 0 Å². The van der Waals surface area contributed by atoms with Crippen molar-refractivity contribution in [2.24, 2.45) is 0 Å². The Morgan fingerprint density at radius 3 is 2.69 bits per heavy atom. The molecule has 1 aromatic heterocycles. The molecule has 0 unspecified atom stereocenters. The first-order chi connectivity index (χ1) is 19.0. The molecule has 0 radical (unpaired) electrons. The van der Waals surface area contributed by atoms with Gasteiger partial charge in [0.05, 0.1) is 24.9 Å². The van der Waals surface area contributed by atoms with Crippen LogP contribution in [0, 0.1) is 6.92 Å². The highest BCUT2D eigenvalue weighted by atomic mass is 35.5. The largest absolute Gasteiger partial charge is 0.490 e. The van der Waals surface area contributed by atoms with Gasteiger partial charge in [-0.2, -0.15) is 0 Å². The van der Waals surface area contributed by atoms with Crippen LogP contribution in [0.15, 0.2) is 54.9 Å².